The van der Waals surface area contributed by atoms with Gasteiger partial charge in [0.15, 0.2) is 0 Å². The predicted octanol–water partition coefficient (Wildman–Crippen LogP) is 3.13. The summed E-state index contributed by atoms with van der Waals surface area (Å²) in [6.07, 6.45) is 9.25. The molecule has 1 fully saturated rings. The van der Waals surface area contributed by atoms with Crippen LogP contribution in [-0.4, -0.2) is 18.6 Å². The van der Waals surface area contributed by atoms with E-state index in [0.29, 0.717) is 24.1 Å². The lowest BCUT2D eigenvalue weighted by Crippen LogP contribution is -2.34. The quantitative estimate of drug-likeness (QED) is 0.646. The number of carbonyl (C=O) groups excluding carboxylic acids is 1. The fourth-order valence-corrected chi connectivity index (χ4v) is 2.63. The standard InChI is InChI=1S/C17H24N2O2/c1-2-21-16-10-8-13(12-15(16)18)9-11-17(20)19-14-6-4-3-5-7-14/h8-12,14H,2-7,18H2,1H3,(H,19,20)/b11-9-. The molecule has 1 saturated carbocycles. The minimum absolute atomic E-state index is 0.0330. The summed E-state index contributed by atoms with van der Waals surface area (Å²) in [5.74, 6) is 0.649. The zero-order valence-electron chi connectivity index (χ0n) is 12.6. The van der Waals surface area contributed by atoms with Crippen molar-refractivity contribution in [3.8, 4) is 5.75 Å². The number of nitrogens with two attached hydrogens (primary N) is 1. The van der Waals surface area contributed by atoms with Gasteiger partial charge in [-0.3, -0.25) is 4.79 Å². The van der Waals surface area contributed by atoms with Crippen molar-refractivity contribution in [1.82, 2.24) is 5.32 Å². The largest absolute Gasteiger partial charge is 0.492 e. The Morgan fingerprint density at radius 3 is 2.81 bits per heavy atom. The molecule has 4 heteroatoms. The van der Waals surface area contributed by atoms with E-state index in [0.717, 1.165) is 18.4 Å². The minimum atomic E-state index is -0.0330. The Labute approximate surface area is 126 Å². The molecular formula is C17H24N2O2. The van der Waals surface area contributed by atoms with Crippen molar-refractivity contribution in [3.63, 3.8) is 0 Å². The van der Waals surface area contributed by atoms with Gasteiger partial charge in [0.05, 0.1) is 12.3 Å². The molecule has 21 heavy (non-hydrogen) atoms. The number of hydrogen-bond donors (Lipinski definition) is 2. The van der Waals surface area contributed by atoms with Crippen LogP contribution in [0.5, 0.6) is 5.75 Å². The Balaban J connectivity index is 1.90. The van der Waals surface area contributed by atoms with Crippen molar-refractivity contribution in [2.75, 3.05) is 12.3 Å². The summed E-state index contributed by atoms with van der Waals surface area (Å²) in [5.41, 5.74) is 7.39. The van der Waals surface area contributed by atoms with Gasteiger partial charge in [-0.05, 0) is 43.5 Å². The van der Waals surface area contributed by atoms with E-state index in [1.54, 1.807) is 12.2 Å². The summed E-state index contributed by atoms with van der Waals surface area (Å²) in [5, 5.41) is 3.05. The molecule has 0 radical (unpaired) electrons. The van der Waals surface area contributed by atoms with Crippen LogP contribution in [0.25, 0.3) is 6.08 Å². The Morgan fingerprint density at radius 2 is 2.14 bits per heavy atom. The van der Waals surface area contributed by atoms with Crippen molar-refractivity contribution in [2.45, 2.75) is 45.1 Å². The fourth-order valence-electron chi connectivity index (χ4n) is 2.63. The first kappa shape index (κ1) is 15.4. The normalized spacial score (nSPS) is 16.0. The van der Waals surface area contributed by atoms with Crippen LogP contribution < -0.4 is 15.8 Å². The second-order valence-corrected chi connectivity index (χ2v) is 5.41. The Kier molecular flexibility index (Phi) is 5.67. The summed E-state index contributed by atoms with van der Waals surface area (Å²) < 4.78 is 5.39. The number of amides is 1. The number of rotatable bonds is 5. The number of nitrogen functional groups attached to an aromatic ring is 1. The lowest BCUT2D eigenvalue weighted by molar-refractivity contribution is -0.117. The second-order valence-electron chi connectivity index (χ2n) is 5.41. The van der Waals surface area contributed by atoms with Gasteiger partial charge >= 0.3 is 0 Å². The van der Waals surface area contributed by atoms with E-state index in [1.807, 2.05) is 25.1 Å². The van der Waals surface area contributed by atoms with Crippen LogP contribution in [-0.2, 0) is 4.79 Å². The average Bonchev–Trinajstić information content (AvgIpc) is 2.49. The molecule has 3 N–H and O–H groups in total. The maximum absolute atomic E-state index is 11.9. The number of benzene rings is 1. The lowest BCUT2D eigenvalue weighted by atomic mass is 9.95. The SMILES string of the molecule is CCOc1ccc(/C=C\C(=O)NC2CCCCC2)cc1N. The van der Waals surface area contributed by atoms with Gasteiger partial charge in [-0.1, -0.05) is 25.3 Å². The number of hydrogen-bond acceptors (Lipinski definition) is 3. The first-order valence-corrected chi connectivity index (χ1v) is 7.70. The van der Waals surface area contributed by atoms with Crippen molar-refractivity contribution in [1.29, 1.82) is 0 Å². The Bertz CT molecular complexity index is 506. The van der Waals surface area contributed by atoms with Gasteiger partial charge in [0, 0.05) is 12.1 Å². The molecule has 0 atom stereocenters. The van der Waals surface area contributed by atoms with Gasteiger partial charge in [0.1, 0.15) is 5.75 Å². The smallest absolute Gasteiger partial charge is 0.244 e. The topological polar surface area (TPSA) is 64.3 Å². The highest BCUT2D eigenvalue weighted by Crippen LogP contribution is 2.23. The molecule has 1 aliphatic carbocycles. The van der Waals surface area contributed by atoms with Crippen molar-refractivity contribution in [2.24, 2.45) is 0 Å². The molecule has 0 saturated heterocycles. The molecule has 0 unspecified atom stereocenters. The van der Waals surface area contributed by atoms with Crippen LogP contribution in [0.1, 0.15) is 44.6 Å². The molecule has 0 bridgehead atoms. The monoisotopic (exact) mass is 288 g/mol. The van der Waals surface area contributed by atoms with E-state index in [-0.39, 0.29) is 5.91 Å². The average molecular weight is 288 g/mol. The minimum Gasteiger partial charge on any atom is -0.492 e. The van der Waals surface area contributed by atoms with Gasteiger partial charge in [0.2, 0.25) is 5.91 Å². The third-order valence-electron chi connectivity index (χ3n) is 3.71. The molecular weight excluding hydrogens is 264 g/mol. The van der Waals surface area contributed by atoms with Gasteiger partial charge in [0.25, 0.3) is 0 Å². The van der Waals surface area contributed by atoms with E-state index in [4.69, 9.17) is 10.5 Å². The molecule has 0 aliphatic heterocycles. The summed E-state index contributed by atoms with van der Waals surface area (Å²) in [7, 11) is 0. The third-order valence-corrected chi connectivity index (χ3v) is 3.71. The molecule has 1 aliphatic rings. The highest BCUT2D eigenvalue weighted by atomic mass is 16.5. The van der Waals surface area contributed by atoms with Crippen LogP contribution >= 0.6 is 0 Å². The molecule has 0 heterocycles. The number of ether oxygens (including phenoxy) is 1. The van der Waals surface area contributed by atoms with Crippen molar-refractivity contribution < 1.29 is 9.53 Å². The molecule has 1 aromatic carbocycles. The third kappa shape index (κ3) is 4.81. The van der Waals surface area contributed by atoms with Crippen molar-refractivity contribution >= 4 is 17.7 Å². The molecule has 1 amide bonds. The van der Waals surface area contributed by atoms with Gasteiger partial charge in [-0.15, -0.1) is 0 Å². The van der Waals surface area contributed by atoms with E-state index in [1.165, 1.54) is 19.3 Å². The Hall–Kier alpha value is -1.97. The van der Waals surface area contributed by atoms with Crippen LogP contribution in [0.4, 0.5) is 5.69 Å². The molecule has 2 rings (SSSR count). The van der Waals surface area contributed by atoms with Gasteiger partial charge < -0.3 is 15.8 Å². The van der Waals surface area contributed by atoms with E-state index in [2.05, 4.69) is 5.32 Å². The summed E-state index contributed by atoms with van der Waals surface area (Å²) in [6.45, 7) is 2.51. The van der Waals surface area contributed by atoms with Crippen LogP contribution in [0.2, 0.25) is 0 Å². The highest BCUT2D eigenvalue weighted by molar-refractivity contribution is 5.92. The number of carbonyl (C=O) groups is 1. The second kappa shape index (κ2) is 7.72. The van der Waals surface area contributed by atoms with Gasteiger partial charge in [-0.2, -0.15) is 0 Å². The maximum atomic E-state index is 11.9. The highest BCUT2D eigenvalue weighted by Gasteiger charge is 2.14. The zero-order chi connectivity index (χ0) is 15.1. The van der Waals surface area contributed by atoms with Gasteiger partial charge in [-0.25, -0.2) is 0 Å². The van der Waals surface area contributed by atoms with E-state index in [9.17, 15) is 4.79 Å². The number of anilines is 1. The Morgan fingerprint density at radius 1 is 1.38 bits per heavy atom. The summed E-state index contributed by atoms with van der Waals surface area (Å²) in [4.78, 5) is 11.9. The summed E-state index contributed by atoms with van der Waals surface area (Å²) >= 11 is 0. The summed E-state index contributed by atoms with van der Waals surface area (Å²) in [6, 6.07) is 5.87. The van der Waals surface area contributed by atoms with E-state index < -0.39 is 0 Å². The predicted molar refractivity (Wildman–Crippen MR) is 86.1 cm³/mol. The van der Waals surface area contributed by atoms with Crippen LogP contribution in [0.3, 0.4) is 0 Å². The molecule has 0 aromatic heterocycles. The van der Waals surface area contributed by atoms with Crippen LogP contribution in [0.15, 0.2) is 24.3 Å². The molecule has 114 valence electrons. The zero-order valence-corrected chi connectivity index (χ0v) is 12.6. The fraction of sp³-hybridized carbons (Fsp3) is 0.471. The first-order chi connectivity index (χ1) is 10.2. The maximum Gasteiger partial charge on any atom is 0.244 e. The van der Waals surface area contributed by atoms with Crippen LogP contribution in [0, 0.1) is 0 Å². The molecule has 0 spiro atoms. The number of nitrogens with one attached hydrogen (secondary N) is 1. The first-order valence-electron chi connectivity index (χ1n) is 7.70. The molecule has 1 aromatic rings. The van der Waals surface area contributed by atoms with E-state index >= 15 is 0 Å². The lowest BCUT2D eigenvalue weighted by Gasteiger charge is -2.21. The molecule has 4 nitrogen and oxygen atoms in total. The van der Waals surface area contributed by atoms with Crippen molar-refractivity contribution in [3.05, 3.63) is 29.8 Å².